The van der Waals surface area contributed by atoms with Crippen LogP contribution in [0.4, 0.5) is 18.9 Å². The maximum absolute atomic E-state index is 12.6. The van der Waals surface area contributed by atoms with E-state index in [0.717, 1.165) is 31.4 Å². The number of hydrogen-bond acceptors (Lipinski definition) is 6. The zero-order valence-corrected chi connectivity index (χ0v) is 17.7. The van der Waals surface area contributed by atoms with Crippen LogP contribution in [-0.2, 0) is 14.3 Å². The number of esters is 1. The van der Waals surface area contributed by atoms with E-state index in [-0.39, 0.29) is 36.1 Å². The summed E-state index contributed by atoms with van der Waals surface area (Å²) in [7, 11) is 1.42. The van der Waals surface area contributed by atoms with Gasteiger partial charge in [-0.2, -0.15) is 0 Å². The van der Waals surface area contributed by atoms with Crippen LogP contribution in [0.2, 0.25) is 0 Å². The minimum Gasteiger partial charge on any atom is -0.469 e. The fraction of sp³-hybridized carbons (Fsp3) is 0.636. The molecule has 1 aromatic rings. The molecule has 7 nitrogen and oxygen atoms in total. The van der Waals surface area contributed by atoms with Gasteiger partial charge in [-0.05, 0) is 74.1 Å². The Morgan fingerprint density at radius 1 is 1.16 bits per heavy atom. The number of benzene rings is 1. The van der Waals surface area contributed by atoms with Gasteiger partial charge >= 0.3 is 12.3 Å². The van der Waals surface area contributed by atoms with Gasteiger partial charge in [0.1, 0.15) is 11.9 Å². The molecular weight excluding hydrogens is 429 g/mol. The van der Waals surface area contributed by atoms with E-state index in [1.54, 1.807) is 0 Å². The van der Waals surface area contributed by atoms with E-state index in [0.29, 0.717) is 24.4 Å². The van der Waals surface area contributed by atoms with Crippen molar-refractivity contribution in [2.24, 2.45) is 23.2 Å². The number of amides is 1. The molecule has 0 aromatic heterocycles. The van der Waals surface area contributed by atoms with Crippen LogP contribution in [0, 0.1) is 23.2 Å². The van der Waals surface area contributed by atoms with Gasteiger partial charge in [0.15, 0.2) is 0 Å². The number of anilines is 1. The molecule has 32 heavy (non-hydrogen) atoms. The first-order valence-electron chi connectivity index (χ1n) is 10.7. The predicted molar refractivity (Wildman–Crippen MR) is 108 cm³/mol. The minimum atomic E-state index is -4.77. The fourth-order valence-corrected chi connectivity index (χ4v) is 6.07. The molecule has 3 N–H and O–H groups in total. The largest absolute Gasteiger partial charge is 0.573 e. The Labute approximate surface area is 183 Å². The third-order valence-electron chi connectivity index (χ3n) is 7.09. The monoisotopic (exact) mass is 456 g/mol. The summed E-state index contributed by atoms with van der Waals surface area (Å²) in [5.74, 6) is -0.170. The van der Waals surface area contributed by atoms with Crippen LogP contribution in [0.3, 0.4) is 0 Å². The first-order chi connectivity index (χ1) is 15.1. The number of aliphatic hydroxyl groups excluding tert-OH is 1. The SMILES string of the molecule is COC(=O)C12CC3CC(C1)C(NC(=O)[C@H](O)CNc1ccc(OC(F)(F)F)cc1)C(C3)C2. The van der Waals surface area contributed by atoms with E-state index in [9.17, 15) is 27.9 Å². The molecule has 0 spiro atoms. The molecule has 1 aromatic carbocycles. The lowest BCUT2D eigenvalue weighted by Gasteiger charge is -2.58. The molecule has 4 saturated carbocycles. The molecule has 0 heterocycles. The molecule has 0 saturated heterocycles. The van der Waals surface area contributed by atoms with Gasteiger partial charge in [0, 0.05) is 18.3 Å². The normalized spacial score (nSPS) is 31.7. The summed E-state index contributed by atoms with van der Waals surface area (Å²) >= 11 is 0. The van der Waals surface area contributed by atoms with Gasteiger partial charge in [-0.25, -0.2) is 0 Å². The molecule has 4 aliphatic rings. The minimum absolute atomic E-state index is 0.0784. The second-order valence-electron chi connectivity index (χ2n) is 9.25. The third-order valence-corrected chi connectivity index (χ3v) is 7.09. The van der Waals surface area contributed by atoms with E-state index < -0.39 is 23.8 Å². The van der Waals surface area contributed by atoms with E-state index in [1.165, 1.54) is 19.2 Å². The number of nitrogens with one attached hydrogen (secondary N) is 2. The van der Waals surface area contributed by atoms with Gasteiger partial charge in [-0.1, -0.05) is 0 Å². The molecule has 4 aliphatic carbocycles. The van der Waals surface area contributed by atoms with Crippen LogP contribution in [0.5, 0.6) is 5.75 Å². The highest BCUT2D eigenvalue weighted by Gasteiger charge is 2.59. The Balaban J connectivity index is 1.30. The molecule has 176 valence electrons. The van der Waals surface area contributed by atoms with Crippen LogP contribution in [0.1, 0.15) is 32.1 Å². The van der Waals surface area contributed by atoms with Crippen LogP contribution in [0.25, 0.3) is 0 Å². The lowest BCUT2D eigenvalue weighted by atomic mass is 9.48. The van der Waals surface area contributed by atoms with Crippen molar-refractivity contribution in [2.45, 2.75) is 50.6 Å². The number of alkyl halides is 3. The maximum atomic E-state index is 12.6. The van der Waals surface area contributed by atoms with Crippen LogP contribution < -0.4 is 15.4 Å². The Bertz CT molecular complexity index is 844. The fourth-order valence-electron chi connectivity index (χ4n) is 6.07. The van der Waals surface area contributed by atoms with Gasteiger partial charge in [0.2, 0.25) is 0 Å². The molecule has 10 heteroatoms. The number of carbonyl (C=O) groups excluding carboxylic acids is 2. The summed E-state index contributed by atoms with van der Waals surface area (Å²) in [4.78, 5) is 25.0. The van der Waals surface area contributed by atoms with Crippen LogP contribution in [0.15, 0.2) is 24.3 Å². The van der Waals surface area contributed by atoms with Crippen molar-refractivity contribution in [3.05, 3.63) is 24.3 Å². The van der Waals surface area contributed by atoms with Crippen molar-refractivity contribution < 1.29 is 37.3 Å². The van der Waals surface area contributed by atoms with Crippen molar-refractivity contribution in [1.82, 2.24) is 5.32 Å². The van der Waals surface area contributed by atoms with Crippen molar-refractivity contribution in [3.63, 3.8) is 0 Å². The number of ether oxygens (including phenoxy) is 2. The lowest BCUT2D eigenvalue weighted by Crippen LogP contribution is -2.62. The quantitative estimate of drug-likeness (QED) is 0.546. The summed E-state index contributed by atoms with van der Waals surface area (Å²) in [6.07, 6.45) is -1.93. The van der Waals surface area contributed by atoms with E-state index in [4.69, 9.17) is 4.74 Å². The molecule has 4 bridgehead atoms. The highest BCUT2D eigenvalue weighted by atomic mass is 19.4. The number of aliphatic hydroxyl groups is 1. The predicted octanol–water partition coefficient (Wildman–Crippen LogP) is 2.84. The van der Waals surface area contributed by atoms with Crippen molar-refractivity contribution >= 4 is 17.6 Å². The average Bonchev–Trinajstić information content (AvgIpc) is 2.73. The van der Waals surface area contributed by atoms with Crippen molar-refractivity contribution in [2.75, 3.05) is 19.0 Å². The molecule has 0 aliphatic heterocycles. The summed E-state index contributed by atoms with van der Waals surface area (Å²) in [5, 5.41) is 16.1. The summed E-state index contributed by atoms with van der Waals surface area (Å²) in [5.41, 5.74) is 0.00951. The molecular formula is C22H27F3N2O5. The number of carbonyl (C=O) groups is 2. The smallest absolute Gasteiger partial charge is 0.469 e. The van der Waals surface area contributed by atoms with Crippen molar-refractivity contribution in [1.29, 1.82) is 0 Å². The van der Waals surface area contributed by atoms with E-state index in [1.807, 2.05) is 0 Å². The number of methoxy groups -OCH3 is 1. The molecule has 1 amide bonds. The summed E-state index contributed by atoms with van der Waals surface area (Å²) in [6, 6.07) is 4.96. The highest BCUT2D eigenvalue weighted by Crippen LogP contribution is 2.60. The first kappa shape index (κ1) is 22.7. The standard InChI is InChI=1S/C22H27F3N2O5/c1-31-20(30)21-8-12-6-13(9-21)18(14(7-12)10-21)27-19(29)17(28)11-26-15-2-4-16(5-3-15)32-22(23,24)25/h2-5,12-14,17-18,26,28H,6-11H2,1H3,(H,27,29)/t12?,13?,14?,17-,18?,21?/m1/s1. The molecule has 2 unspecified atom stereocenters. The van der Waals surface area contributed by atoms with Gasteiger partial charge < -0.3 is 25.2 Å². The molecule has 0 radical (unpaired) electrons. The van der Waals surface area contributed by atoms with Gasteiger partial charge in [0.25, 0.3) is 5.91 Å². The average molecular weight is 456 g/mol. The molecule has 3 atom stereocenters. The number of hydrogen-bond donors (Lipinski definition) is 3. The molecule has 5 rings (SSSR count). The molecule has 4 fully saturated rings. The number of halogens is 3. The maximum Gasteiger partial charge on any atom is 0.573 e. The zero-order valence-electron chi connectivity index (χ0n) is 17.7. The van der Waals surface area contributed by atoms with Crippen molar-refractivity contribution in [3.8, 4) is 5.75 Å². The zero-order chi connectivity index (χ0) is 23.1. The van der Waals surface area contributed by atoms with Gasteiger partial charge in [-0.15, -0.1) is 13.2 Å². The Morgan fingerprint density at radius 2 is 1.78 bits per heavy atom. The van der Waals surface area contributed by atoms with Crippen LogP contribution >= 0.6 is 0 Å². The van der Waals surface area contributed by atoms with Gasteiger partial charge in [-0.3, -0.25) is 9.59 Å². The van der Waals surface area contributed by atoms with E-state index >= 15 is 0 Å². The Hall–Kier alpha value is -2.49. The third kappa shape index (κ3) is 4.65. The Morgan fingerprint density at radius 3 is 2.34 bits per heavy atom. The van der Waals surface area contributed by atoms with Crippen LogP contribution in [-0.4, -0.2) is 49.1 Å². The second kappa shape index (κ2) is 8.46. The Kier molecular flexibility index (Phi) is 6.00. The summed E-state index contributed by atoms with van der Waals surface area (Å²) in [6.45, 7) is -0.0952. The topological polar surface area (TPSA) is 96.9 Å². The van der Waals surface area contributed by atoms with E-state index in [2.05, 4.69) is 15.4 Å². The first-order valence-corrected chi connectivity index (χ1v) is 10.7. The highest BCUT2D eigenvalue weighted by molar-refractivity contribution is 5.82. The summed E-state index contributed by atoms with van der Waals surface area (Å²) < 4.78 is 45.5. The number of rotatable bonds is 7. The van der Waals surface area contributed by atoms with Gasteiger partial charge in [0.05, 0.1) is 12.5 Å². The second-order valence-corrected chi connectivity index (χ2v) is 9.25. The lowest BCUT2D eigenvalue weighted by molar-refractivity contribution is -0.274.